The van der Waals surface area contributed by atoms with Gasteiger partial charge in [0, 0.05) is 6.04 Å². The van der Waals surface area contributed by atoms with E-state index in [0.717, 1.165) is 16.7 Å². The van der Waals surface area contributed by atoms with Crippen LogP contribution in [0.4, 0.5) is 0 Å². The predicted octanol–water partition coefficient (Wildman–Crippen LogP) is 3.43. The number of hydrogen-bond acceptors (Lipinski definition) is 3. The molecule has 0 aliphatic heterocycles. The zero-order valence-electron chi connectivity index (χ0n) is 12.0. The van der Waals surface area contributed by atoms with E-state index >= 15 is 0 Å². The molecule has 5 heteroatoms. The summed E-state index contributed by atoms with van der Waals surface area (Å²) in [5.41, 5.74) is 9.06. The SMILES string of the molecule is Cc1ccc(C(N)CS(=O)(=O)c2ccccc2Cl)c(C)c1. The van der Waals surface area contributed by atoms with E-state index in [0.29, 0.717) is 0 Å². The molecule has 0 heterocycles. The summed E-state index contributed by atoms with van der Waals surface area (Å²) in [5, 5.41) is 0.227. The molecule has 0 radical (unpaired) electrons. The van der Waals surface area contributed by atoms with Crippen molar-refractivity contribution in [3.05, 3.63) is 64.2 Å². The summed E-state index contributed by atoms with van der Waals surface area (Å²) in [6, 6.07) is 11.7. The molecule has 2 aromatic rings. The van der Waals surface area contributed by atoms with Gasteiger partial charge in [0.1, 0.15) is 0 Å². The lowest BCUT2D eigenvalue weighted by Gasteiger charge is -2.16. The molecule has 2 aromatic carbocycles. The molecular weight excluding hydrogens is 306 g/mol. The monoisotopic (exact) mass is 323 g/mol. The molecule has 0 aliphatic rings. The lowest BCUT2D eigenvalue weighted by Crippen LogP contribution is -2.23. The highest BCUT2D eigenvalue weighted by molar-refractivity contribution is 7.91. The maximum Gasteiger partial charge on any atom is 0.181 e. The highest BCUT2D eigenvalue weighted by atomic mass is 35.5. The van der Waals surface area contributed by atoms with Crippen molar-refractivity contribution in [2.24, 2.45) is 5.73 Å². The number of nitrogens with two attached hydrogens (primary N) is 1. The number of hydrogen-bond donors (Lipinski definition) is 1. The van der Waals surface area contributed by atoms with Gasteiger partial charge >= 0.3 is 0 Å². The molecule has 1 unspecified atom stereocenters. The van der Waals surface area contributed by atoms with Gasteiger partial charge in [0.2, 0.25) is 0 Å². The van der Waals surface area contributed by atoms with Gasteiger partial charge in [0.05, 0.1) is 15.7 Å². The van der Waals surface area contributed by atoms with Crippen molar-refractivity contribution in [3.63, 3.8) is 0 Å². The van der Waals surface area contributed by atoms with Crippen LogP contribution < -0.4 is 5.73 Å². The second-order valence-corrected chi connectivity index (χ2v) is 7.59. The van der Waals surface area contributed by atoms with Crippen molar-refractivity contribution < 1.29 is 8.42 Å². The van der Waals surface area contributed by atoms with Gasteiger partial charge in [-0.1, -0.05) is 47.5 Å². The summed E-state index contributed by atoms with van der Waals surface area (Å²) in [4.78, 5) is 0.131. The third-order valence-electron chi connectivity index (χ3n) is 3.40. The topological polar surface area (TPSA) is 60.2 Å². The Bertz CT molecular complexity index is 757. The van der Waals surface area contributed by atoms with Crippen LogP contribution in [0.1, 0.15) is 22.7 Å². The van der Waals surface area contributed by atoms with E-state index in [9.17, 15) is 8.42 Å². The first kappa shape index (κ1) is 16.0. The van der Waals surface area contributed by atoms with Gasteiger partial charge in [-0.3, -0.25) is 0 Å². The second kappa shape index (κ2) is 6.18. The van der Waals surface area contributed by atoms with Crippen LogP contribution in [0.2, 0.25) is 5.02 Å². The van der Waals surface area contributed by atoms with Crippen molar-refractivity contribution in [3.8, 4) is 0 Å². The number of benzene rings is 2. The molecular formula is C16H18ClNO2S. The van der Waals surface area contributed by atoms with E-state index in [1.807, 2.05) is 32.0 Å². The van der Waals surface area contributed by atoms with Gasteiger partial charge in [-0.2, -0.15) is 0 Å². The smallest absolute Gasteiger partial charge is 0.181 e. The third kappa shape index (κ3) is 3.64. The minimum Gasteiger partial charge on any atom is -0.323 e. The van der Waals surface area contributed by atoms with Crippen molar-refractivity contribution in [2.75, 3.05) is 5.75 Å². The quantitative estimate of drug-likeness (QED) is 0.937. The fourth-order valence-corrected chi connectivity index (χ4v) is 4.33. The van der Waals surface area contributed by atoms with Crippen LogP contribution in [0, 0.1) is 13.8 Å². The van der Waals surface area contributed by atoms with E-state index in [-0.39, 0.29) is 15.7 Å². The average Bonchev–Trinajstić information content (AvgIpc) is 2.38. The third-order valence-corrected chi connectivity index (χ3v) is 5.66. The molecule has 0 saturated carbocycles. The fourth-order valence-electron chi connectivity index (χ4n) is 2.35. The summed E-state index contributed by atoms with van der Waals surface area (Å²) in [5.74, 6) is -0.166. The van der Waals surface area contributed by atoms with Gasteiger partial charge in [0.25, 0.3) is 0 Å². The number of halogens is 1. The molecule has 0 bridgehead atoms. The lowest BCUT2D eigenvalue weighted by atomic mass is 10.0. The summed E-state index contributed by atoms with van der Waals surface area (Å²) in [7, 11) is -3.52. The normalized spacial score (nSPS) is 13.1. The van der Waals surface area contributed by atoms with E-state index < -0.39 is 15.9 Å². The second-order valence-electron chi connectivity index (χ2n) is 5.18. The first-order valence-corrected chi connectivity index (χ1v) is 8.64. The molecule has 0 fully saturated rings. The fraction of sp³-hybridized carbons (Fsp3) is 0.250. The predicted molar refractivity (Wildman–Crippen MR) is 86.3 cm³/mol. The molecule has 0 amide bonds. The summed E-state index contributed by atoms with van der Waals surface area (Å²) in [6.07, 6.45) is 0. The minimum atomic E-state index is -3.52. The Balaban J connectivity index is 2.30. The Hall–Kier alpha value is -1.36. The molecule has 3 nitrogen and oxygen atoms in total. The van der Waals surface area contributed by atoms with E-state index in [1.165, 1.54) is 6.07 Å². The Morgan fingerprint density at radius 2 is 1.81 bits per heavy atom. The summed E-state index contributed by atoms with van der Waals surface area (Å²) < 4.78 is 24.9. The van der Waals surface area contributed by atoms with E-state index in [1.54, 1.807) is 18.2 Å². The molecule has 0 saturated heterocycles. The van der Waals surface area contributed by atoms with Gasteiger partial charge in [-0.05, 0) is 37.1 Å². The molecule has 2 rings (SSSR count). The Morgan fingerprint density at radius 1 is 1.14 bits per heavy atom. The standard InChI is InChI=1S/C16H18ClNO2S/c1-11-7-8-13(12(2)9-11)15(18)10-21(19,20)16-6-4-3-5-14(16)17/h3-9,15H,10,18H2,1-2H3. The molecule has 0 spiro atoms. The maximum absolute atomic E-state index is 12.5. The van der Waals surface area contributed by atoms with Gasteiger partial charge < -0.3 is 5.73 Å². The largest absolute Gasteiger partial charge is 0.323 e. The van der Waals surface area contributed by atoms with Crippen LogP contribution in [0.25, 0.3) is 0 Å². The Labute approximate surface area is 130 Å². The number of sulfone groups is 1. The Kier molecular flexibility index (Phi) is 4.71. The van der Waals surface area contributed by atoms with Crippen LogP contribution >= 0.6 is 11.6 Å². The van der Waals surface area contributed by atoms with Crippen LogP contribution in [0.3, 0.4) is 0 Å². The zero-order chi connectivity index (χ0) is 15.6. The zero-order valence-corrected chi connectivity index (χ0v) is 13.6. The van der Waals surface area contributed by atoms with Crippen molar-refractivity contribution in [1.29, 1.82) is 0 Å². The first-order chi connectivity index (χ1) is 9.81. The van der Waals surface area contributed by atoms with Crippen molar-refractivity contribution in [2.45, 2.75) is 24.8 Å². The van der Waals surface area contributed by atoms with Crippen LogP contribution in [-0.4, -0.2) is 14.2 Å². The minimum absolute atomic E-state index is 0.131. The van der Waals surface area contributed by atoms with Gasteiger partial charge in [0.15, 0.2) is 9.84 Å². The number of aryl methyl sites for hydroxylation is 2. The highest BCUT2D eigenvalue weighted by Crippen LogP contribution is 2.26. The summed E-state index contributed by atoms with van der Waals surface area (Å²) >= 11 is 5.97. The average molecular weight is 324 g/mol. The van der Waals surface area contributed by atoms with Gasteiger partial charge in [-0.25, -0.2) is 8.42 Å². The van der Waals surface area contributed by atoms with E-state index in [4.69, 9.17) is 17.3 Å². The molecule has 2 N–H and O–H groups in total. The van der Waals surface area contributed by atoms with E-state index in [2.05, 4.69) is 0 Å². The lowest BCUT2D eigenvalue weighted by molar-refractivity contribution is 0.588. The molecule has 112 valence electrons. The maximum atomic E-state index is 12.5. The molecule has 0 aromatic heterocycles. The van der Waals surface area contributed by atoms with Crippen LogP contribution in [0.5, 0.6) is 0 Å². The first-order valence-electron chi connectivity index (χ1n) is 6.61. The van der Waals surface area contributed by atoms with Crippen molar-refractivity contribution in [1.82, 2.24) is 0 Å². The summed E-state index contributed by atoms with van der Waals surface area (Å²) in [6.45, 7) is 3.92. The highest BCUT2D eigenvalue weighted by Gasteiger charge is 2.23. The number of rotatable bonds is 4. The molecule has 21 heavy (non-hydrogen) atoms. The van der Waals surface area contributed by atoms with Crippen LogP contribution in [0.15, 0.2) is 47.4 Å². The van der Waals surface area contributed by atoms with Gasteiger partial charge in [-0.15, -0.1) is 0 Å². The Morgan fingerprint density at radius 3 is 2.43 bits per heavy atom. The molecule has 0 aliphatic carbocycles. The van der Waals surface area contributed by atoms with Crippen LogP contribution in [-0.2, 0) is 9.84 Å². The molecule has 1 atom stereocenters. The van der Waals surface area contributed by atoms with Crippen molar-refractivity contribution >= 4 is 21.4 Å².